The Morgan fingerprint density at radius 2 is 1.96 bits per heavy atom. The van der Waals surface area contributed by atoms with Crippen LogP contribution in [0.25, 0.3) is 11.4 Å². The average molecular weight is 378 g/mol. The summed E-state index contributed by atoms with van der Waals surface area (Å²) in [6, 6.07) is 11.6. The SMILES string of the molecule is Cc1ccccc1[C@@H](C)NS(=O)(=O)c1ccc(Cl)c(-c2nn[nH]n2)c1. The standard InChI is InChI=1S/C16H16ClN5O2S/c1-10-5-3-4-6-13(10)11(2)20-25(23,24)12-7-8-15(17)14(9-12)16-18-21-22-19-16/h3-9,11,20H,1-2H3,(H,18,19,21,22)/t11-/m1/s1. The Balaban J connectivity index is 1.93. The molecule has 7 nitrogen and oxygen atoms in total. The highest BCUT2D eigenvalue weighted by atomic mass is 35.5. The average Bonchev–Trinajstić information content (AvgIpc) is 3.09. The summed E-state index contributed by atoms with van der Waals surface area (Å²) in [6.45, 7) is 3.74. The van der Waals surface area contributed by atoms with E-state index in [1.165, 1.54) is 18.2 Å². The van der Waals surface area contributed by atoms with Gasteiger partial charge in [-0.3, -0.25) is 0 Å². The topological polar surface area (TPSA) is 101 Å². The van der Waals surface area contributed by atoms with Crippen molar-refractivity contribution in [3.63, 3.8) is 0 Å². The molecule has 0 radical (unpaired) electrons. The highest BCUT2D eigenvalue weighted by molar-refractivity contribution is 7.89. The number of rotatable bonds is 5. The quantitative estimate of drug-likeness (QED) is 0.712. The van der Waals surface area contributed by atoms with E-state index in [0.717, 1.165) is 11.1 Å². The Hall–Kier alpha value is -2.29. The third-order valence-corrected chi connectivity index (χ3v) is 5.69. The Bertz CT molecular complexity index is 990. The highest BCUT2D eigenvalue weighted by Crippen LogP contribution is 2.28. The van der Waals surface area contributed by atoms with E-state index < -0.39 is 10.0 Å². The van der Waals surface area contributed by atoms with Crippen LogP contribution in [0.5, 0.6) is 0 Å². The molecule has 0 fully saturated rings. The number of nitrogens with zero attached hydrogens (tertiary/aromatic N) is 3. The second kappa shape index (κ2) is 6.91. The fourth-order valence-corrected chi connectivity index (χ4v) is 4.01. The molecule has 130 valence electrons. The lowest BCUT2D eigenvalue weighted by Crippen LogP contribution is -2.27. The molecule has 1 heterocycles. The Morgan fingerprint density at radius 1 is 1.20 bits per heavy atom. The molecule has 0 spiro atoms. The first-order valence-electron chi connectivity index (χ1n) is 7.50. The first-order chi connectivity index (χ1) is 11.9. The summed E-state index contributed by atoms with van der Waals surface area (Å²) in [4.78, 5) is 0.0807. The summed E-state index contributed by atoms with van der Waals surface area (Å²) in [5, 5.41) is 13.8. The molecule has 0 amide bonds. The fourth-order valence-electron chi connectivity index (χ4n) is 2.56. The third kappa shape index (κ3) is 3.71. The van der Waals surface area contributed by atoms with Crippen molar-refractivity contribution < 1.29 is 8.42 Å². The van der Waals surface area contributed by atoms with Crippen LogP contribution in [0.2, 0.25) is 5.02 Å². The van der Waals surface area contributed by atoms with Crippen LogP contribution in [0.15, 0.2) is 47.4 Å². The summed E-state index contributed by atoms with van der Waals surface area (Å²) in [5.74, 6) is 0.231. The molecule has 0 bridgehead atoms. The van der Waals surface area contributed by atoms with Gasteiger partial charge in [-0.25, -0.2) is 13.1 Å². The van der Waals surface area contributed by atoms with E-state index in [2.05, 4.69) is 25.3 Å². The summed E-state index contributed by atoms with van der Waals surface area (Å²) in [7, 11) is -3.75. The van der Waals surface area contributed by atoms with Crippen molar-refractivity contribution in [1.29, 1.82) is 0 Å². The molecule has 2 aromatic carbocycles. The zero-order valence-electron chi connectivity index (χ0n) is 13.6. The monoisotopic (exact) mass is 377 g/mol. The first kappa shape index (κ1) is 17.5. The molecule has 25 heavy (non-hydrogen) atoms. The van der Waals surface area contributed by atoms with E-state index in [-0.39, 0.29) is 16.8 Å². The van der Waals surface area contributed by atoms with Crippen molar-refractivity contribution in [1.82, 2.24) is 25.3 Å². The van der Waals surface area contributed by atoms with E-state index in [9.17, 15) is 8.42 Å². The fraction of sp³-hybridized carbons (Fsp3) is 0.188. The molecule has 3 rings (SSSR count). The maximum atomic E-state index is 12.7. The first-order valence-corrected chi connectivity index (χ1v) is 9.36. The molecule has 0 aliphatic carbocycles. The van der Waals surface area contributed by atoms with Gasteiger partial charge >= 0.3 is 0 Å². The van der Waals surface area contributed by atoms with Gasteiger partial charge in [0.1, 0.15) is 0 Å². The number of aryl methyl sites for hydroxylation is 1. The van der Waals surface area contributed by atoms with Crippen molar-refractivity contribution in [2.75, 3.05) is 0 Å². The van der Waals surface area contributed by atoms with Gasteiger partial charge in [-0.05, 0) is 48.4 Å². The van der Waals surface area contributed by atoms with Gasteiger partial charge in [-0.15, -0.1) is 10.2 Å². The molecule has 0 aliphatic rings. The zero-order chi connectivity index (χ0) is 18.0. The maximum Gasteiger partial charge on any atom is 0.241 e. The molecular weight excluding hydrogens is 362 g/mol. The number of H-pyrrole nitrogens is 1. The van der Waals surface area contributed by atoms with Crippen molar-refractivity contribution in [2.45, 2.75) is 24.8 Å². The van der Waals surface area contributed by atoms with E-state index in [1.807, 2.05) is 31.2 Å². The van der Waals surface area contributed by atoms with Gasteiger partial charge in [-0.2, -0.15) is 5.21 Å². The van der Waals surface area contributed by atoms with Gasteiger partial charge in [0.2, 0.25) is 15.8 Å². The molecule has 0 saturated carbocycles. The van der Waals surface area contributed by atoms with Crippen LogP contribution in [0.4, 0.5) is 0 Å². The van der Waals surface area contributed by atoms with Crippen molar-refractivity contribution in [2.24, 2.45) is 0 Å². The summed E-state index contributed by atoms with van der Waals surface area (Å²) < 4.78 is 28.2. The van der Waals surface area contributed by atoms with Crippen LogP contribution < -0.4 is 4.72 Å². The summed E-state index contributed by atoms with van der Waals surface area (Å²) in [6.07, 6.45) is 0. The van der Waals surface area contributed by atoms with Crippen LogP contribution >= 0.6 is 11.6 Å². The number of benzene rings is 2. The number of halogens is 1. The smallest absolute Gasteiger partial charge is 0.207 e. The minimum absolute atomic E-state index is 0.0807. The number of sulfonamides is 1. The molecule has 2 N–H and O–H groups in total. The number of aromatic amines is 1. The predicted octanol–water partition coefficient (Wildman–Crippen LogP) is 2.87. The zero-order valence-corrected chi connectivity index (χ0v) is 15.1. The number of hydrogen-bond acceptors (Lipinski definition) is 5. The Labute approximate surface area is 150 Å². The molecule has 1 aromatic heterocycles. The van der Waals surface area contributed by atoms with Crippen molar-refractivity contribution >= 4 is 21.6 Å². The summed E-state index contributed by atoms with van der Waals surface area (Å²) in [5.41, 5.74) is 2.32. The molecule has 3 aromatic rings. The lowest BCUT2D eigenvalue weighted by molar-refractivity contribution is 0.566. The molecule has 1 atom stereocenters. The number of hydrogen-bond donors (Lipinski definition) is 2. The number of tetrazole rings is 1. The minimum Gasteiger partial charge on any atom is -0.207 e. The van der Waals surface area contributed by atoms with Gasteiger partial charge in [0, 0.05) is 11.6 Å². The molecular formula is C16H16ClN5O2S. The highest BCUT2D eigenvalue weighted by Gasteiger charge is 2.21. The number of aromatic nitrogens is 4. The maximum absolute atomic E-state index is 12.7. The van der Waals surface area contributed by atoms with Gasteiger partial charge in [0.15, 0.2) is 0 Å². The second-order valence-corrected chi connectivity index (χ2v) is 7.70. The van der Waals surface area contributed by atoms with Gasteiger partial charge < -0.3 is 0 Å². The number of nitrogens with one attached hydrogen (secondary N) is 2. The van der Waals surface area contributed by atoms with Crippen LogP contribution in [0.3, 0.4) is 0 Å². The lowest BCUT2D eigenvalue weighted by atomic mass is 10.0. The van der Waals surface area contributed by atoms with E-state index in [1.54, 1.807) is 6.92 Å². The minimum atomic E-state index is -3.75. The van der Waals surface area contributed by atoms with Crippen LogP contribution in [0.1, 0.15) is 24.1 Å². The lowest BCUT2D eigenvalue weighted by Gasteiger charge is -2.17. The van der Waals surface area contributed by atoms with E-state index >= 15 is 0 Å². The van der Waals surface area contributed by atoms with Gasteiger partial charge in [-0.1, -0.05) is 35.9 Å². The van der Waals surface area contributed by atoms with Crippen molar-refractivity contribution in [3.8, 4) is 11.4 Å². The predicted molar refractivity (Wildman–Crippen MR) is 94.5 cm³/mol. The largest absolute Gasteiger partial charge is 0.241 e. The normalized spacial score (nSPS) is 12.9. The van der Waals surface area contributed by atoms with E-state index in [4.69, 9.17) is 11.6 Å². The Kier molecular flexibility index (Phi) is 4.85. The molecule has 0 aliphatic heterocycles. The molecule has 0 unspecified atom stereocenters. The van der Waals surface area contributed by atoms with Gasteiger partial charge in [0.05, 0.1) is 9.92 Å². The second-order valence-electron chi connectivity index (χ2n) is 5.58. The van der Waals surface area contributed by atoms with Crippen LogP contribution in [-0.4, -0.2) is 29.0 Å². The molecule has 9 heteroatoms. The Morgan fingerprint density at radius 3 is 2.64 bits per heavy atom. The molecule has 0 saturated heterocycles. The van der Waals surface area contributed by atoms with Crippen LogP contribution in [0, 0.1) is 6.92 Å². The third-order valence-electron chi connectivity index (χ3n) is 3.82. The van der Waals surface area contributed by atoms with Gasteiger partial charge in [0.25, 0.3) is 0 Å². The van der Waals surface area contributed by atoms with Crippen molar-refractivity contribution in [3.05, 3.63) is 58.6 Å². The summed E-state index contributed by atoms with van der Waals surface area (Å²) >= 11 is 6.12. The van der Waals surface area contributed by atoms with E-state index in [0.29, 0.717) is 10.6 Å². The van der Waals surface area contributed by atoms with Crippen LogP contribution in [-0.2, 0) is 10.0 Å².